The molecule has 0 aliphatic rings. The molecule has 0 unspecified atom stereocenters. The molecular weight excluding hydrogens is 270 g/mol. The fraction of sp³-hybridized carbons (Fsp3) is 0.368. The number of aromatic nitrogens is 3. The number of rotatable bonds is 6. The number of fused-ring (bicyclic) bond motifs is 1. The van der Waals surface area contributed by atoms with E-state index in [0.29, 0.717) is 0 Å². The highest BCUT2D eigenvalue weighted by Gasteiger charge is 2.17. The molecule has 0 atom stereocenters. The van der Waals surface area contributed by atoms with Crippen molar-refractivity contribution in [3.63, 3.8) is 0 Å². The van der Waals surface area contributed by atoms with E-state index in [1.165, 1.54) is 42.3 Å². The number of benzene rings is 1. The number of aromatic amines is 1. The molecule has 2 aromatic heterocycles. The maximum Gasteiger partial charge on any atom is 0.287 e. The number of unbranched alkanes of at least 4 members (excludes halogenated alkanes) is 3. The van der Waals surface area contributed by atoms with Crippen LogP contribution < -0.4 is 9.13 Å². The van der Waals surface area contributed by atoms with Crippen LogP contribution >= 0.6 is 0 Å². The molecule has 0 radical (unpaired) electrons. The van der Waals surface area contributed by atoms with E-state index >= 15 is 0 Å². The summed E-state index contributed by atoms with van der Waals surface area (Å²) in [6.45, 7) is 3.36. The van der Waals surface area contributed by atoms with Gasteiger partial charge in [-0.2, -0.15) is 0 Å². The lowest BCUT2D eigenvalue weighted by atomic mass is 10.2. The summed E-state index contributed by atoms with van der Waals surface area (Å²) >= 11 is 0. The van der Waals surface area contributed by atoms with Gasteiger partial charge in [-0.05, 0) is 18.6 Å². The Morgan fingerprint density at radius 1 is 0.955 bits per heavy atom. The Bertz CT molecular complexity index is 741. The fourth-order valence-corrected chi connectivity index (χ4v) is 2.95. The molecule has 0 saturated heterocycles. The predicted molar refractivity (Wildman–Crippen MR) is 89.2 cm³/mol. The van der Waals surface area contributed by atoms with Crippen molar-refractivity contribution in [3.8, 4) is 11.4 Å². The number of nitrogens with one attached hydrogen (secondary N) is 1. The normalized spacial score (nSPS) is 11.2. The number of aryl methyl sites for hydroxylation is 2. The molecule has 2 heterocycles. The number of H-pyrrole nitrogens is 1. The van der Waals surface area contributed by atoms with Gasteiger partial charge in [-0.25, -0.2) is 14.1 Å². The number of imidazole rings is 1. The highest BCUT2D eigenvalue weighted by molar-refractivity contribution is 5.74. The van der Waals surface area contributed by atoms with E-state index in [4.69, 9.17) is 0 Å². The summed E-state index contributed by atoms with van der Waals surface area (Å²) in [5, 5.41) is 0. The van der Waals surface area contributed by atoms with Crippen molar-refractivity contribution in [3.05, 3.63) is 48.8 Å². The van der Waals surface area contributed by atoms with Gasteiger partial charge in [0.2, 0.25) is 0 Å². The molecule has 1 N–H and O–H groups in total. The van der Waals surface area contributed by atoms with Crippen LogP contribution in [0.15, 0.2) is 48.8 Å². The molecule has 0 aliphatic heterocycles. The Labute approximate surface area is 132 Å². The second-order valence-corrected chi connectivity index (χ2v) is 5.94. The molecular formula is C19H25N3+2. The van der Waals surface area contributed by atoms with Crippen LogP contribution in [-0.4, -0.2) is 4.98 Å². The topological polar surface area (TPSA) is 23.5 Å². The Morgan fingerprint density at radius 3 is 2.45 bits per heavy atom. The average Bonchev–Trinajstić information content (AvgIpc) is 2.90. The van der Waals surface area contributed by atoms with Crippen LogP contribution in [-0.2, 0) is 13.6 Å². The van der Waals surface area contributed by atoms with E-state index in [-0.39, 0.29) is 0 Å². The first-order valence-electron chi connectivity index (χ1n) is 8.26. The van der Waals surface area contributed by atoms with Crippen molar-refractivity contribution in [1.29, 1.82) is 0 Å². The van der Waals surface area contributed by atoms with Gasteiger partial charge in [0, 0.05) is 18.6 Å². The van der Waals surface area contributed by atoms with Crippen LogP contribution in [0.25, 0.3) is 22.4 Å². The third-order valence-corrected chi connectivity index (χ3v) is 4.29. The zero-order valence-corrected chi connectivity index (χ0v) is 13.5. The highest BCUT2D eigenvalue weighted by Crippen LogP contribution is 2.16. The smallest absolute Gasteiger partial charge is 0.236 e. The predicted octanol–water partition coefficient (Wildman–Crippen LogP) is 3.53. The maximum absolute atomic E-state index is 3.51. The van der Waals surface area contributed by atoms with Crippen LogP contribution in [0, 0.1) is 0 Å². The molecule has 1 aromatic carbocycles. The van der Waals surface area contributed by atoms with Crippen molar-refractivity contribution in [2.75, 3.05) is 0 Å². The van der Waals surface area contributed by atoms with Gasteiger partial charge in [0.1, 0.15) is 6.54 Å². The lowest BCUT2D eigenvalue weighted by Gasteiger charge is -1.98. The third-order valence-electron chi connectivity index (χ3n) is 4.29. The minimum Gasteiger partial charge on any atom is -0.236 e. The average molecular weight is 295 g/mol. The molecule has 3 heteroatoms. The third kappa shape index (κ3) is 3.03. The van der Waals surface area contributed by atoms with E-state index in [1.807, 2.05) is 0 Å². The summed E-state index contributed by atoms with van der Waals surface area (Å²) in [4.78, 5) is 3.51. The second-order valence-electron chi connectivity index (χ2n) is 5.94. The SMILES string of the molecule is CCCCCC[n+]1ccc(-c2[nH]c3ccccc3[n+]2C)cc1. The summed E-state index contributed by atoms with van der Waals surface area (Å²) in [5.41, 5.74) is 3.63. The fourth-order valence-electron chi connectivity index (χ4n) is 2.95. The number of para-hydroxylation sites is 2. The van der Waals surface area contributed by atoms with E-state index in [0.717, 1.165) is 12.4 Å². The first-order chi connectivity index (χ1) is 10.8. The summed E-state index contributed by atoms with van der Waals surface area (Å²) in [6, 6.07) is 12.8. The maximum atomic E-state index is 3.51. The van der Waals surface area contributed by atoms with Crippen LogP contribution in [0.2, 0.25) is 0 Å². The number of hydrogen-bond donors (Lipinski definition) is 1. The van der Waals surface area contributed by atoms with E-state index < -0.39 is 0 Å². The van der Waals surface area contributed by atoms with Crippen molar-refractivity contribution in [2.24, 2.45) is 7.05 Å². The van der Waals surface area contributed by atoms with Gasteiger partial charge < -0.3 is 0 Å². The Balaban J connectivity index is 1.78. The molecule has 0 spiro atoms. The molecule has 0 aliphatic carbocycles. The van der Waals surface area contributed by atoms with Gasteiger partial charge in [0.05, 0.1) is 12.6 Å². The zero-order chi connectivity index (χ0) is 15.4. The first kappa shape index (κ1) is 14.8. The van der Waals surface area contributed by atoms with Crippen LogP contribution in [0.5, 0.6) is 0 Å². The minimum absolute atomic E-state index is 1.11. The molecule has 3 aromatic rings. The van der Waals surface area contributed by atoms with Crippen molar-refractivity contribution in [1.82, 2.24) is 4.98 Å². The van der Waals surface area contributed by atoms with Crippen molar-refractivity contribution in [2.45, 2.75) is 39.2 Å². The van der Waals surface area contributed by atoms with Gasteiger partial charge in [-0.1, -0.05) is 31.9 Å². The molecule has 3 rings (SSSR count). The molecule has 0 fully saturated rings. The van der Waals surface area contributed by atoms with E-state index in [9.17, 15) is 0 Å². The molecule has 0 bridgehead atoms. The molecule has 0 amide bonds. The summed E-state index contributed by atoms with van der Waals surface area (Å²) in [7, 11) is 2.11. The van der Waals surface area contributed by atoms with E-state index in [2.05, 4.69) is 76.9 Å². The highest BCUT2D eigenvalue weighted by atomic mass is 15.1. The minimum atomic E-state index is 1.11. The standard InChI is InChI=1S/C19H24N3/c1-3-4-5-8-13-22-14-11-16(12-15-22)19-20-17-9-6-7-10-18(17)21(19)2/h6-7,9-12,14-15H,3-5,8,13H2,1-2H3/q+1/p+1. The quantitative estimate of drug-likeness (QED) is 0.531. The lowest BCUT2D eigenvalue weighted by molar-refractivity contribution is -0.697. The summed E-state index contributed by atoms with van der Waals surface area (Å²) in [5.74, 6) is 1.15. The second kappa shape index (κ2) is 6.73. The Hall–Kier alpha value is -2.16. The van der Waals surface area contributed by atoms with Gasteiger partial charge in [-0.15, -0.1) is 0 Å². The zero-order valence-electron chi connectivity index (χ0n) is 13.5. The van der Waals surface area contributed by atoms with Crippen molar-refractivity contribution >= 4 is 11.0 Å². The van der Waals surface area contributed by atoms with Gasteiger partial charge in [0.15, 0.2) is 23.4 Å². The monoisotopic (exact) mass is 295 g/mol. The van der Waals surface area contributed by atoms with Gasteiger partial charge >= 0.3 is 0 Å². The lowest BCUT2D eigenvalue weighted by Crippen LogP contribution is -2.33. The Kier molecular flexibility index (Phi) is 4.52. The first-order valence-corrected chi connectivity index (χ1v) is 8.26. The van der Waals surface area contributed by atoms with Crippen LogP contribution in [0.1, 0.15) is 32.6 Å². The summed E-state index contributed by atoms with van der Waals surface area (Å²) < 4.78 is 4.50. The number of pyridine rings is 1. The molecule has 114 valence electrons. The number of nitrogens with zero attached hydrogens (tertiary/aromatic N) is 2. The van der Waals surface area contributed by atoms with Gasteiger partial charge in [0.25, 0.3) is 5.82 Å². The molecule has 3 nitrogen and oxygen atoms in total. The summed E-state index contributed by atoms with van der Waals surface area (Å²) in [6.07, 6.45) is 9.59. The molecule has 22 heavy (non-hydrogen) atoms. The van der Waals surface area contributed by atoms with Crippen molar-refractivity contribution < 1.29 is 9.13 Å². The van der Waals surface area contributed by atoms with Crippen LogP contribution in [0.4, 0.5) is 0 Å². The molecule has 0 saturated carbocycles. The van der Waals surface area contributed by atoms with Crippen LogP contribution in [0.3, 0.4) is 0 Å². The number of hydrogen-bond acceptors (Lipinski definition) is 0. The van der Waals surface area contributed by atoms with E-state index in [1.54, 1.807) is 0 Å². The largest absolute Gasteiger partial charge is 0.287 e. The van der Waals surface area contributed by atoms with Gasteiger partial charge in [-0.3, -0.25) is 0 Å². The Morgan fingerprint density at radius 2 is 1.73 bits per heavy atom.